The van der Waals surface area contributed by atoms with Crippen molar-refractivity contribution < 1.29 is 4.74 Å². The number of anilines is 3. The molecule has 6 N–H and O–H groups in total. The molecule has 1 unspecified atom stereocenters. The molecular weight excluding hydrogens is 368 g/mol. The Bertz CT molecular complexity index is 1020. The van der Waals surface area contributed by atoms with Crippen LogP contribution < -0.4 is 26.8 Å². The molecule has 27 heavy (non-hydrogen) atoms. The SMILES string of the molecule is COc1ccc(C2N=C(NC#N)Nc3nc(N)c(C#N)c(N)c32)cc1CCl. The second kappa shape index (κ2) is 7.28. The van der Waals surface area contributed by atoms with Gasteiger partial charge in [0.25, 0.3) is 0 Å². The molecule has 0 saturated carbocycles. The van der Waals surface area contributed by atoms with E-state index in [9.17, 15) is 5.26 Å². The van der Waals surface area contributed by atoms with E-state index in [4.69, 9.17) is 33.1 Å². The van der Waals surface area contributed by atoms with Crippen LogP contribution in [-0.2, 0) is 5.88 Å². The normalized spacial score (nSPS) is 14.8. The summed E-state index contributed by atoms with van der Waals surface area (Å²) in [7, 11) is 1.56. The van der Waals surface area contributed by atoms with Gasteiger partial charge in [0, 0.05) is 11.1 Å². The van der Waals surface area contributed by atoms with Gasteiger partial charge in [-0.05, 0) is 17.7 Å². The van der Waals surface area contributed by atoms with Crippen molar-refractivity contribution in [3.63, 3.8) is 0 Å². The fraction of sp³-hybridized carbons (Fsp3) is 0.176. The molecule has 0 fully saturated rings. The number of pyridine rings is 1. The van der Waals surface area contributed by atoms with Crippen molar-refractivity contribution in [2.45, 2.75) is 11.9 Å². The first-order valence-corrected chi connectivity index (χ1v) is 8.29. The fourth-order valence-corrected chi connectivity index (χ4v) is 3.10. The first-order chi connectivity index (χ1) is 13.0. The van der Waals surface area contributed by atoms with Gasteiger partial charge in [-0.15, -0.1) is 11.6 Å². The van der Waals surface area contributed by atoms with Crippen LogP contribution in [0.5, 0.6) is 5.75 Å². The first-order valence-electron chi connectivity index (χ1n) is 7.75. The average Bonchev–Trinajstić information content (AvgIpc) is 2.67. The van der Waals surface area contributed by atoms with E-state index in [2.05, 4.69) is 20.6 Å². The molecule has 0 bridgehead atoms. The number of nitriles is 2. The summed E-state index contributed by atoms with van der Waals surface area (Å²) in [5, 5.41) is 23.6. The second-order valence-electron chi connectivity index (χ2n) is 5.61. The largest absolute Gasteiger partial charge is 0.496 e. The van der Waals surface area contributed by atoms with E-state index in [1.165, 1.54) is 0 Å². The Labute approximate surface area is 160 Å². The maximum absolute atomic E-state index is 9.35. The minimum absolute atomic E-state index is 0.00520. The zero-order chi connectivity index (χ0) is 19.6. The topological polar surface area (TPSA) is 158 Å². The summed E-state index contributed by atoms with van der Waals surface area (Å²) < 4.78 is 5.30. The molecule has 1 aliphatic rings. The third kappa shape index (κ3) is 3.12. The lowest BCUT2D eigenvalue weighted by Crippen LogP contribution is -2.32. The van der Waals surface area contributed by atoms with E-state index in [0.29, 0.717) is 17.1 Å². The Balaban J connectivity index is 2.23. The first kappa shape index (κ1) is 18.1. The molecule has 0 spiro atoms. The Kier molecular flexibility index (Phi) is 4.88. The number of nitrogen functional groups attached to an aromatic ring is 2. The number of nitrogens with zero attached hydrogens (tertiary/aromatic N) is 4. The maximum Gasteiger partial charge on any atom is 0.211 e. The van der Waals surface area contributed by atoms with E-state index in [1.807, 2.05) is 18.2 Å². The van der Waals surface area contributed by atoms with Gasteiger partial charge < -0.3 is 21.5 Å². The average molecular weight is 383 g/mol. The minimum Gasteiger partial charge on any atom is -0.496 e. The van der Waals surface area contributed by atoms with Gasteiger partial charge in [0.15, 0.2) is 6.19 Å². The third-order valence-corrected chi connectivity index (χ3v) is 4.41. The molecule has 1 aromatic carbocycles. The predicted octanol–water partition coefficient (Wildman–Crippen LogP) is 1.81. The number of aliphatic imine (C=N–C) groups is 1. The fourth-order valence-electron chi connectivity index (χ4n) is 2.90. The van der Waals surface area contributed by atoms with Gasteiger partial charge in [-0.2, -0.15) is 10.5 Å². The number of rotatable bonds is 3. The summed E-state index contributed by atoms with van der Waals surface area (Å²) in [6, 6.07) is 6.76. The summed E-state index contributed by atoms with van der Waals surface area (Å²) in [5.74, 6) is 1.39. The number of guanidine groups is 1. The van der Waals surface area contributed by atoms with Crippen molar-refractivity contribution in [3.8, 4) is 18.0 Å². The van der Waals surface area contributed by atoms with E-state index < -0.39 is 6.04 Å². The molecular formula is C17H15ClN8O. The predicted molar refractivity (Wildman–Crippen MR) is 102 cm³/mol. The van der Waals surface area contributed by atoms with Crippen LogP contribution >= 0.6 is 11.6 Å². The molecule has 0 saturated heterocycles. The molecule has 1 aliphatic heterocycles. The summed E-state index contributed by atoms with van der Waals surface area (Å²) in [5.41, 5.74) is 14.3. The van der Waals surface area contributed by atoms with Crippen LogP contribution in [0.3, 0.4) is 0 Å². The minimum atomic E-state index is -0.620. The molecule has 0 radical (unpaired) electrons. The molecule has 9 nitrogen and oxygen atoms in total. The van der Waals surface area contributed by atoms with Crippen LogP contribution in [0.1, 0.15) is 28.3 Å². The van der Waals surface area contributed by atoms with Crippen molar-refractivity contribution in [2.24, 2.45) is 4.99 Å². The highest BCUT2D eigenvalue weighted by atomic mass is 35.5. The van der Waals surface area contributed by atoms with Crippen molar-refractivity contribution in [1.29, 1.82) is 10.5 Å². The Morgan fingerprint density at radius 1 is 1.37 bits per heavy atom. The molecule has 136 valence electrons. The number of benzene rings is 1. The standard InChI is InChI=1S/C17H15ClN8O/c1-27-11-3-2-8(4-9(11)5-18)14-12-13(21)10(6-19)15(22)25-16(12)26-17(24-14)23-7-20/h2-4,14H,5H2,1H3,(H6,21,22,23,24,25,26). The number of halogens is 1. The van der Waals surface area contributed by atoms with Gasteiger partial charge >= 0.3 is 0 Å². The summed E-state index contributed by atoms with van der Waals surface area (Å²) in [6.45, 7) is 0. The number of nitrogens with two attached hydrogens (primary N) is 2. The van der Waals surface area contributed by atoms with Crippen LogP contribution in [0.15, 0.2) is 23.2 Å². The van der Waals surface area contributed by atoms with Crippen LogP contribution in [0.25, 0.3) is 0 Å². The van der Waals surface area contributed by atoms with Gasteiger partial charge in [0.05, 0.1) is 18.7 Å². The zero-order valence-electron chi connectivity index (χ0n) is 14.2. The number of alkyl halides is 1. The van der Waals surface area contributed by atoms with E-state index in [1.54, 1.807) is 19.4 Å². The van der Waals surface area contributed by atoms with Gasteiger partial charge in [-0.1, -0.05) is 6.07 Å². The Morgan fingerprint density at radius 2 is 2.15 bits per heavy atom. The maximum atomic E-state index is 9.35. The van der Waals surface area contributed by atoms with Crippen molar-refractivity contribution in [1.82, 2.24) is 10.3 Å². The third-order valence-electron chi connectivity index (χ3n) is 4.12. The molecule has 0 amide bonds. The molecule has 1 aromatic heterocycles. The van der Waals surface area contributed by atoms with Crippen molar-refractivity contribution in [3.05, 3.63) is 40.5 Å². The molecule has 0 aliphatic carbocycles. The van der Waals surface area contributed by atoms with Gasteiger partial charge in [-0.3, -0.25) is 5.32 Å². The lowest BCUT2D eigenvalue weighted by atomic mass is 9.94. The number of hydrogen-bond acceptors (Lipinski definition) is 9. The van der Waals surface area contributed by atoms with Crippen LogP contribution in [-0.4, -0.2) is 18.1 Å². The summed E-state index contributed by atoms with van der Waals surface area (Å²) in [6.07, 6.45) is 1.81. The quantitative estimate of drug-likeness (QED) is 0.355. The monoisotopic (exact) mass is 382 g/mol. The van der Waals surface area contributed by atoms with E-state index in [-0.39, 0.29) is 28.9 Å². The number of hydrogen-bond donors (Lipinski definition) is 4. The number of aromatic nitrogens is 1. The smallest absolute Gasteiger partial charge is 0.211 e. The molecule has 2 heterocycles. The molecule has 2 aromatic rings. The molecule has 1 atom stereocenters. The van der Waals surface area contributed by atoms with Crippen LogP contribution in [0.4, 0.5) is 17.3 Å². The van der Waals surface area contributed by atoms with E-state index >= 15 is 0 Å². The number of methoxy groups -OCH3 is 1. The highest BCUT2D eigenvalue weighted by molar-refractivity contribution is 6.17. The molecule has 10 heteroatoms. The highest BCUT2D eigenvalue weighted by Gasteiger charge is 2.30. The number of fused-ring (bicyclic) bond motifs is 1. The number of nitrogens with one attached hydrogen (secondary N) is 2. The van der Waals surface area contributed by atoms with Crippen molar-refractivity contribution >= 4 is 34.9 Å². The molecule has 3 rings (SSSR count). The Morgan fingerprint density at radius 3 is 2.78 bits per heavy atom. The van der Waals surface area contributed by atoms with Gasteiger partial charge in [0.1, 0.15) is 35.1 Å². The second-order valence-corrected chi connectivity index (χ2v) is 5.87. The highest BCUT2D eigenvalue weighted by Crippen LogP contribution is 2.41. The Hall–Kier alpha value is -3.69. The van der Waals surface area contributed by atoms with Crippen molar-refractivity contribution in [2.75, 3.05) is 23.9 Å². The summed E-state index contributed by atoms with van der Waals surface area (Å²) in [4.78, 5) is 8.71. The van der Waals surface area contributed by atoms with Gasteiger partial charge in [-0.25, -0.2) is 9.98 Å². The summed E-state index contributed by atoms with van der Waals surface area (Å²) >= 11 is 6.02. The van der Waals surface area contributed by atoms with E-state index in [0.717, 1.165) is 11.1 Å². The van der Waals surface area contributed by atoms with Crippen LogP contribution in [0.2, 0.25) is 0 Å². The van der Waals surface area contributed by atoms with Gasteiger partial charge in [0.2, 0.25) is 5.96 Å². The number of ether oxygens (including phenoxy) is 1. The lowest BCUT2D eigenvalue weighted by molar-refractivity contribution is 0.411. The zero-order valence-corrected chi connectivity index (χ0v) is 15.0. The lowest BCUT2D eigenvalue weighted by Gasteiger charge is -2.26. The van der Waals surface area contributed by atoms with Crippen LogP contribution in [0, 0.1) is 22.8 Å².